The molecule has 0 saturated carbocycles. The molecule has 0 bridgehead atoms. The normalized spacial score (nSPS) is 20.6. The Hall–Kier alpha value is -0.950. The van der Waals surface area contributed by atoms with Crippen LogP contribution in [-0.4, -0.2) is 58.9 Å². The summed E-state index contributed by atoms with van der Waals surface area (Å²) in [5.74, 6) is 0.142. The minimum atomic E-state index is -0.953. The van der Waals surface area contributed by atoms with Crippen LogP contribution in [0.4, 0.5) is 4.79 Å². The number of nitrogens with zero attached hydrogens (tertiary/aromatic N) is 1. The number of carboxylic acid groups (broad SMARTS) is 1. The molecule has 0 aromatic carbocycles. The molecule has 2 N–H and O–H groups in total. The average molecular weight is 290 g/mol. The minimum Gasteiger partial charge on any atom is -0.480 e. The van der Waals surface area contributed by atoms with Crippen molar-refractivity contribution in [2.75, 3.05) is 24.8 Å². The summed E-state index contributed by atoms with van der Waals surface area (Å²) < 4.78 is 5.34. The van der Waals surface area contributed by atoms with Gasteiger partial charge in [-0.15, -0.1) is 11.8 Å². The van der Waals surface area contributed by atoms with Gasteiger partial charge in [-0.3, -0.25) is 0 Å². The summed E-state index contributed by atoms with van der Waals surface area (Å²) in [5.41, 5.74) is 0. The molecule has 110 valence electrons. The van der Waals surface area contributed by atoms with Gasteiger partial charge in [-0.05, 0) is 12.8 Å². The summed E-state index contributed by atoms with van der Waals surface area (Å²) >= 11 is 1.45. The molecule has 19 heavy (non-hydrogen) atoms. The third kappa shape index (κ3) is 4.58. The number of carbonyl (C=O) groups is 2. The fraction of sp³-hybridized carbons (Fsp3) is 0.833. The van der Waals surface area contributed by atoms with E-state index < -0.39 is 12.0 Å². The van der Waals surface area contributed by atoms with Gasteiger partial charge >= 0.3 is 12.0 Å². The fourth-order valence-electron chi connectivity index (χ4n) is 1.73. The van der Waals surface area contributed by atoms with Crippen molar-refractivity contribution in [3.63, 3.8) is 0 Å². The van der Waals surface area contributed by atoms with E-state index in [0.29, 0.717) is 24.8 Å². The smallest absolute Gasteiger partial charge is 0.327 e. The van der Waals surface area contributed by atoms with Gasteiger partial charge in [0.15, 0.2) is 0 Å². The van der Waals surface area contributed by atoms with E-state index in [1.165, 1.54) is 16.7 Å². The Bertz CT molecular complexity index is 325. The highest BCUT2D eigenvalue weighted by Gasteiger charge is 2.35. The highest BCUT2D eigenvalue weighted by Crippen LogP contribution is 2.21. The molecule has 1 aliphatic heterocycles. The van der Waals surface area contributed by atoms with E-state index in [9.17, 15) is 9.59 Å². The number of aliphatic carboxylic acids is 1. The minimum absolute atomic E-state index is 0.104. The van der Waals surface area contributed by atoms with Crippen molar-refractivity contribution in [2.24, 2.45) is 5.92 Å². The Morgan fingerprint density at radius 1 is 1.53 bits per heavy atom. The second kappa shape index (κ2) is 7.59. The first kappa shape index (κ1) is 16.1. The molecule has 1 fully saturated rings. The molecule has 0 radical (unpaired) electrons. The van der Waals surface area contributed by atoms with Gasteiger partial charge in [-0.25, -0.2) is 9.59 Å². The zero-order valence-corrected chi connectivity index (χ0v) is 12.4. The third-order valence-electron chi connectivity index (χ3n) is 3.04. The molecule has 0 aliphatic carbocycles. The topological polar surface area (TPSA) is 78.9 Å². The second-order valence-electron chi connectivity index (χ2n) is 4.78. The van der Waals surface area contributed by atoms with Crippen LogP contribution in [0, 0.1) is 5.92 Å². The van der Waals surface area contributed by atoms with Crippen LogP contribution in [0.1, 0.15) is 20.8 Å². The summed E-state index contributed by atoms with van der Waals surface area (Å²) in [4.78, 5) is 24.5. The number of hydrogen-bond donors (Lipinski definition) is 2. The Labute approximate surface area is 117 Å². The zero-order valence-electron chi connectivity index (χ0n) is 11.6. The molecule has 7 heteroatoms. The van der Waals surface area contributed by atoms with Crippen LogP contribution in [0.5, 0.6) is 0 Å². The standard InChI is InChI=1S/C12H22N2O4S/c1-4-18-5-9(8(2)3)13-12(17)14-7-19-6-10(14)11(15)16/h8-10H,4-7H2,1-3H3,(H,13,17)(H,15,16). The number of carboxylic acids is 1. The second-order valence-corrected chi connectivity index (χ2v) is 5.78. The molecule has 6 nitrogen and oxygen atoms in total. The van der Waals surface area contributed by atoms with E-state index in [1.807, 2.05) is 20.8 Å². The van der Waals surface area contributed by atoms with Crippen molar-refractivity contribution in [1.29, 1.82) is 0 Å². The van der Waals surface area contributed by atoms with Gasteiger partial charge in [0, 0.05) is 12.4 Å². The maximum Gasteiger partial charge on any atom is 0.327 e. The average Bonchev–Trinajstić information content (AvgIpc) is 2.83. The maximum atomic E-state index is 12.1. The molecule has 0 aromatic rings. The fourth-order valence-corrected chi connectivity index (χ4v) is 2.88. The summed E-state index contributed by atoms with van der Waals surface area (Å²) in [6, 6.07) is -1.16. The van der Waals surface area contributed by atoms with Gasteiger partial charge < -0.3 is 20.1 Å². The number of ether oxygens (including phenoxy) is 1. The van der Waals surface area contributed by atoms with Gasteiger partial charge in [0.2, 0.25) is 0 Å². The number of thioether (sulfide) groups is 1. The first-order chi connectivity index (χ1) is 8.97. The summed E-state index contributed by atoms with van der Waals surface area (Å²) in [7, 11) is 0. The first-order valence-electron chi connectivity index (χ1n) is 6.42. The monoisotopic (exact) mass is 290 g/mol. The molecule has 1 saturated heterocycles. The highest BCUT2D eigenvalue weighted by atomic mass is 32.2. The summed E-state index contributed by atoms with van der Waals surface area (Å²) in [5, 5.41) is 11.9. The molecule has 2 unspecified atom stereocenters. The van der Waals surface area contributed by atoms with E-state index in [4.69, 9.17) is 9.84 Å². The maximum absolute atomic E-state index is 12.1. The lowest BCUT2D eigenvalue weighted by Crippen LogP contribution is -2.52. The molecule has 0 aromatic heterocycles. The number of urea groups is 1. The van der Waals surface area contributed by atoms with Crippen LogP contribution in [0.2, 0.25) is 0 Å². The molecule has 2 atom stereocenters. The van der Waals surface area contributed by atoms with Crippen molar-refractivity contribution in [3.05, 3.63) is 0 Å². The molecular formula is C12H22N2O4S. The van der Waals surface area contributed by atoms with Crippen molar-refractivity contribution in [2.45, 2.75) is 32.9 Å². The molecule has 1 heterocycles. The molecule has 0 spiro atoms. The van der Waals surface area contributed by atoms with Crippen molar-refractivity contribution < 1.29 is 19.4 Å². The number of nitrogens with one attached hydrogen (secondary N) is 1. The van der Waals surface area contributed by atoms with E-state index in [2.05, 4.69) is 5.32 Å². The first-order valence-corrected chi connectivity index (χ1v) is 7.58. The lowest BCUT2D eigenvalue weighted by molar-refractivity contribution is -0.140. The van der Waals surface area contributed by atoms with E-state index in [-0.39, 0.29) is 18.0 Å². The quantitative estimate of drug-likeness (QED) is 0.769. The van der Waals surface area contributed by atoms with Crippen LogP contribution in [0.25, 0.3) is 0 Å². The van der Waals surface area contributed by atoms with Crippen molar-refractivity contribution >= 4 is 23.8 Å². The highest BCUT2D eigenvalue weighted by molar-refractivity contribution is 7.99. The van der Waals surface area contributed by atoms with Gasteiger partial charge in [0.1, 0.15) is 6.04 Å². The molecule has 1 aliphatic rings. The summed E-state index contributed by atoms with van der Waals surface area (Å²) in [6.07, 6.45) is 0. The predicted octanol–water partition coefficient (Wildman–Crippen LogP) is 1.22. The molecular weight excluding hydrogens is 268 g/mol. The largest absolute Gasteiger partial charge is 0.480 e. The number of hydrogen-bond acceptors (Lipinski definition) is 4. The van der Waals surface area contributed by atoms with Crippen LogP contribution >= 0.6 is 11.8 Å². The lowest BCUT2D eigenvalue weighted by atomic mass is 10.1. The Morgan fingerprint density at radius 3 is 2.74 bits per heavy atom. The van der Waals surface area contributed by atoms with Gasteiger partial charge in [0.25, 0.3) is 0 Å². The number of rotatable bonds is 6. The Balaban J connectivity index is 2.58. The van der Waals surface area contributed by atoms with Crippen LogP contribution < -0.4 is 5.32 Å². The molecule has 2 amide bonds. The lowest BCUT2D eigenvalue weighted by Gasteiger charge is -2.27. The van der Waals surface area contributed by atoms with E-state index in [0.717, 1.165) is 0 Å². The van der Waals surface area contributed by atoms with E-state index >= 15 is 0 Å². The van der Waals surface area contributed by atoms with Crippen molar-refractivity contribution in [3.8, 4) is 0 Å². The SMILES string of the molecule is CCOCC(NC(=O)N1CSCC1C(=O)O)C(C)C. The summed E-state index contributed by atoms with van der Waals surface area (Å²) in [6.45, 7) is 6.93. The third-order valence-corrected chi connectivity index (χ3v) is 4.06. The molecule has 1 rings (SSSR count). The Morgan fingerprint density at radius 2 is 2.21 bits per heavy atom. The predicted molar refractivity (Wildman–Crippen MR) is 74.2 cm³/mol. The zero-order chi connectivity index (χ0) is 14.4. The number of amides is 2. The van der Waals surface area contributed by atoms with Gasteiger partial charge in [-0.1, -0.05) is 13.8 Å². The van der Waals surface area contributed by atoms with Crippen LogP contribution in [0.15, 0.2) is 0 Å². The number of carbonyl (C=O) groups excluding carboxylic acids is 1. The van der Waals surface area contributed by atoms with Crippen molar-refractivity contribution in [1.82, 2.24) is 10.2 Å². The van der Waals surface area contributed by atoms with E-state index in [1.54, 1.807) is 0 Å². The van der Waals surface area contributed by atoms with Gasteiger partial charge in [-0.2, -0.15) is 0 Å². The van der Waals surface area contributed by atoms with Crippen LogP contribution in [0.3, 0.4) is 0 Å². The Kier molecular flexibility index (Phi) is 6.44. The van der Waals surface area contributed by atoms with Gasteiger partial charge in [0.05, 0.1) is 18.5 Å². The van der Waals surface area contributed by atoms with Crippen LogP contribution in [-0.2, 0) is 9.53 Å².